The molecule has 10 nitrogen and oxygen atoms in total. The van der Waals surface area contributed by atoms with Gasteiger partial charge in [-0.15, -0.1) is 11.3 Å². The molecule has 0 bridgehead atoms. The summed E-state index contributed by atoms with van der Waals surface area (Å²) in [6.45, 7) is 0. The standard InChI is InChI=1S/C28H19N3O7S/c32-26-23-24(22-15-14-21(39-22)16-6-12-20(13-7-16)31(36)37)30(19-4-2-1-3-5-19)38-25(23)27(33)29(26)18-10-8-17(9-11-18)28(34)35/h1-15,23-25H,(H,34,35). The minimum Gasteiger partial charge on any atom is -0.478 e. The van der Waals surface area contributed by atoms with E-state index in [4.69, 9.17) is 4.84 Å². The van der Waals surface area contributed by atoms with Crippen LogP contribution in [-0.2, 0) is 14.4 Å². The first-order chi connectivity index (χ1) is 18.8. The maximum absolute atomic E-state index is 13.8. The Morgan fingerprint density at radius 1 is 0.872 bits per heavy atom. The average Bonchev–Trinajstić information content (AvgIpc) is 3.64. The zero-order valence-electron chi connectivity index (χ0n) is 20.0. The van der Waals surface area contributed by atoms with Crippen molar-refractivity contribution in [3.63, 3.8) is 0 Å². The molecule has 2 aliphatic heterocycles. The van der Waals surface area contributed by atoms with E-state index in [0.29, 0.717) is 5.69 Å². The van der Waals surface area contributed by atoms with Gasteiger partial charge in [-0.25, -0.2) is 14.8 Å². The van der Waals surface area contributed by atoms with Crippen LogP contribution in [-0.4, -0.2) is 33.9 Å². The number of thiophene rings is 1. The minimum atomic E-state index is -1.11. The quantitative estimate of drug-likeness (QED) is 0.203. The third-order valence-electron chi connectivity index (χ3n) is 6.78. The van der Waals surface area contributed by atoms with Gasteiger partial charge in [0.25, 0.3) is 11.6 Å². The fraction of sp³-hybridized carbons (Fsp3) is 0.107. The van der Waals surface area contributed by atoms with Crippen LogP contribution in [0.25, 0.3) is 10.4 Å². The Balaban J connectivity index is 1.37. The monoisotopic (exact) mass is 541 g/mol. The highest BCUT2D eigenvalue weighted by atomic mass is 32.1. The number of rotatable bonds is 6. The van der Waals surface area contributed by atoms with Crippen molar-refractivity contribution in [2.75, 3.05) is 9.96 Å². The Kier molecular flexibility index (Phi) is 5.93. The summed E-state index contributed by atoms with van der Waals surface area (Å²) in [6.07, 6.45) is -1.06. The van der Waals surface area contributed by atoms with Gasteiger partial charge in [-0.1, -0.05) is 18.2 Å². The Morgan fingerprint density at radius 3 is 2.21 bits per heavy atom. The van der Waals surface area contributed by atoms with Crippen molar-refractivity contribution in [2.45, 2.75) is 12.1 Å². The number of benzene rings is 3. The lowest BCUT2D eigenvalue weighted by Crippen LogP contribution is -2.37. The van der Waals surface area contributed by atoms with Crippen LogP contribution in [0.4, 0.5) is 17.1 Å². The number of aromatic carboxylic acids is 1. The number of carboxylic acid groups (broad SMARTS) is 1. The molecule has 0 aliphatic carbocycles. The number of hydrogen-bond donors (Lipinski definition) is 1. The van der Waals surface area contributed by atoms with Crippen molar-refractivity contribution in [1.82, 2.24) is 0 Å². The van der Waals surface area contributed by atoms with Crippen molar-refractivity contribution >= 4 is 46.2 Å². The molecule has 2 saturated heterocycles. The lowest BCUT2D eigenvalue weighted by molar-refractivity contribution is -0.384. The summed E-state index contributed by atoms with van der Waals surface area (Å²) in [6, 6.07) is 24.1. The van der Waals surface area contributed by atoms with Crippen molar-refractivity contribution < 1.29 is 29.3 Å². The SMILES string of the molecule is O=C(O)c1ccc(N2C(=O)C3ON(c4ccccc4)C(c4ccc(-c5ccc([N+](=O)[O-])cc5)s4)C3C2=O)cc1. The van der Waals surface area contributed by atoms with E-state index < -0.39 is 40.8 Å². The van der Waals surface area contributed by atoms with Crippen LogP contribution >= 0.6 is 11.3 Å². The maximum Gasteiger partial charge on any atom is 0.335 e. The fourth-order valence-corrected chi connectivity index (χ4v) is 6.07. The molecule has 1 N–H and O–H groups in total. The third kappa shape index (κ3) is 4.13. The van der Waals surface area contributed by atoms with Gasteiger partial charge >= 0.3 is 5.97 Å². The number of hydrogen-bond acceptors (Lipinski definition) is 8. The zero-order valence-corrected chi connectivity index (χ0v) is 20.9. The van der Waals surface area contributed by atoms with Gasteiger partial charge in [0, 0.05) is 21.9 Å². The molecule has 0 spiro atoms. The van der Waals surface area contributed by atoms with Gasteiger partial charge in [0.2, 0.25) is 5.91 Å². The summed E-state index contributed by atoms with van der Waals surface area (Å²) in [7, 11) is 0. The Morgan fingerprint density at radius 2 is 1.56 bits per heavy atom. The topological polar surface area (TPSA) is 130 Å². The molecular formula is C28H19N3O7S. The number of amides is 2. The van der Waals surface area contributed by atoms with Gasteiger partial charge in [0.15, 0.2) is 6.10 Å². The second kappa shape index (κ2) is 9.46. The lowest BCUT2D eigenvalue weighted by atomic mass is 9.95. The molecule has 2 amide bonds. The normalized spacial score (nSPS) is 20.4. The Hall–Kier alpha value is -4.87. The van der Waals surface area contributed by atoms with Crippen LogP contribution in [0.3, 0.4) is 0 Å². The first-order valence-electron chi connectivity index (χ1n) is 11.9. The van der Waals surface area contributed by atoms with Crippen molar-refractivity contribution in [3.8, 4) is 10.4 Å². The number of anilines is 2. The van der Waals surface area contributed by atoms with Crippen molar-refractivity contribution in [2.24, 2.45) is 5.92 Å². The zero-order chi connectivity index (χ0) is 27.3. The summed E-state index contributed by atoms with van der Waals surface area (Å²) < 4.78 is 0. The van der Waals surface area contributed by atoms with E-state index in [1.54, 1.807) is 17.2 Å². The number of nitrogens with zero attached hydrogens (tertiary/aromatic N) is 3. The molecule has 194 valence electrons. The van der Waals surface area contributed by atoms with Gasteiger partial charge in [-0.3, -0.25) is 24.5 Å². The number of carbonyl (C=O) groups excluding carboxylic acids is 2. The van der Waals surface area contributed by atoms with Crippen LogP contribution < -0.4 is 9.96 Å². The predicted molar refractivity (Wildman–Crippen MR) is 142 cm³/mol. The summed E-state index contributed by atoms with van der Waals surface area (Å²) in [5.74, 6) is -2.92. The van der Waals surface area contributed by atoms with Gasteiger partial charge in [-0.2, -0.15) is 0 Å². The van der Waals surface area contributed by atoms with E-state index in [1.165, 1.54) is 47.7 Å². The second-order valence-electron chi connectivity index (χ2n) is 9.03. The highest BCUT2D eigenvalue weighted by molar-refractivity contribution is 7.15. The lowest BCUT2D eigenvalue weighted by Gasteiger charge is -2.27. The summed E-state index contributed by atoms with van der Waals surface area (Å²) >= 11 is 1.41. The number of hydroxylamine groups is 1. The van der Waals surface area contributed by atoms with Crippen molar-refractivity contribution in [1.29, 1.82) is 0 Å². The molecule has 39 heavy (non-hydrogen) atoms. The summed E-state index contributed by atoms with van der Waals surface area (Å²) in [5.41, 5.74) is 1.77. The molecule has 3 unspecified atom stereocenters. The molecule has 4 aromatic rings. The molecule has 0 radical (unpaired) electrons. The van der Waals surface area contributed by atoms with Gasteiger partial charge in [0.1, 0.15) is 12.0 Å². The number of para-hydroxylation sites is 1. The van der Waals surface area contributed by atoms with Crippen LogP contribution in [0.1, 0.15) is 21.3 Å². The predicted octanol–water partition coefficient (Wildman–Crippen LogP) is 5.07. The van der Waals surface area contributed by atoms with E-state index in [0.717, 1.165) is 20.2 Å². The minimum absolute atomic E-state index is 0.00985. The van der Waals surface area contributed by atoms with Crippen LogP contribution in [0.5, 0.6) is 0 Å². The molecule has 3 atom stereocenters. The highest BCUT2D eigenvalue weighted by Gasteiger charge is 2.60. The van der Waals surface area contributed by atoms with Gasteiger partial charge < -0.3 is 5.11 Å². The molecule has 3 aromatic carbocycles. The number of carbonyl (C=O) groups is 3. The molecule has 0 saturated carbocycles. The molecule has 2 aliphatic rings. The number of imide groups is 1. The van der Waals surface area contributed by atoms with Gasteiger partial charge in [-0.05, 0) is 66.2 Å². The Bertz CT molecular complexity index is 1600. The second-order valence-corrected chi connectivity index (χ2v) is 10.1. The number of non-ortho nitro benzene ring substituents is 1. The van der Waals surface area contributed by atoms with Crippen molar-refractivity contribution in [3.05, 3.63) is 112 Å². The van der Waals surface area contributed by atoms with E-state index in [-0.39, 0.29) is 16.9 Å². The molecule has 6 rings (SSSR count). The molecule has 3 heterocycles. The highest BCUT2D eigenvalue weighted by Crippen LogP contribution is 2.49. The number of nitro benzene ring substituents is 1. The van der Waals surface area contributed by atoms with Gasteiger partial charge in [0.05, 0.1) is 21.9 Å². The van der Waals surface area contributed by atoms with E-state index in [2.05, 4.69) is 0 Å². The van der Waals surface area contributed by atoms with E-state index in [1.807, 2.05) is 42.5 Å². The average molecular weight is 542 g/mol. The van der Waals surface area contributed by atoms with Crippen LogP contribution in [0.2, 0.25) is 0 Å². The summed E-state index contributed by atoms with van der Waals surface area (Å²) in [5, 5.41) is 21.8. The molecule has 1 aromatic heterocycles. The maximum atomic E-state index is 13.8. The Labute approximate surface area is 225 Å². The molecule has 2 fully saturated rings. The van der Waals surface area contributed by atoms with E-state index in [9.17, 15) is 29.6 Å². The number of carboxylic acids is 1. The largest absolute Gasteiger partial charge is 0.478 e. The van der Waals surface area contributed by atoms with E-state index >= 15 is 0 Å². The molecule has 11 heteroatoms. The van der Waals surface area contributed by atoms with Crippen LogP contribution in [0, 0.1) is 16.0 Å². The first kappa shape index (κ1) is 24.5. The third-order valence-corrected chi connectivity index (χ3v) is 7.98. The fourth-order valence-electron chi connectivity index (χ4n) is 4.92. The first-order valence-corrected chi connectivity index (χ1v) is 12.7. The smallest absolute Gasteiger partial charge is 0.335 e. The molecular weight excluding hydrogens is 522 g/mol. The summed E-state index contributed by atoms with van der Waals surface area (Å²) in [4.78, 5) is 57.9. The van der Waals surface area contributed by atoms with Crippen LogP contribution in [0.15, 0.2) is 91.0 Å². The number of nitro groups is 1. The number of fused-ring (bicyclic) bond motifs is 1.